The maximum Gasteiger partial charge on any atom is 0.240 e. The Morgan fingerprint density at radius 2 is 1.82 bits per heavy atom. The maximum absolute atomic E-state index is 11.9. The van der Waals surface area contributed by atoms with Crippen LogP contribution < -0.4 is 22.3 Å². The van der Waals surface area contributed by atoms with Gasteiger partial charge >= 0.3 is 0 Å². The van der Waals surface area contributed by atoms with E-state index in [9.17, 15) is 4.79 Å². The summed E-state index contributed by atoms with van der Waals surface area (Å²) in [5, 5.41) is 2.72. The first kappa shape index (κ1) is 13.6. The molecule has 1 unspecified atom stereocenters. The molecule has 1 aromatic carbocycles. The van der Waals surface area contributed by atoms with Crippen LogP contribution in [0.5, 0.6) is 0 Å². The van der Waals surface area contributed by atoms with E-state index in [1.165, 1.54) is 0 Å². The first-order valence-corrected chi connectivity index (χ1v) is 5.63. The van der Waals surface area contributed by atoms with Crippen molar-refractivity contribution in [3.8, 4) is 0 Å². The fourth-order valence-corrected chi connectivity index (χ4v) is 1.56. The van der Waals surface area contributed by atoms with Crippen molar-refractivity contribution in [3.05, 3.63) is 35.9 Å². The van der Waals surface area contributed by atoms with Gasteiger partial charge in [-0.2, -0.15) is 0 Å². The third-order valence-corrected chi connectivity index (χ3v) is 2.59. The van der Waals surface area contributed by atoms with Gasteiger partial charge in [0.25, 0.3) is 0 Å². The molecule has 0 saturated heterocycles. The van der Waals surface area contributed by atoms with Gasteiger partial charge in [0.2, 0.25) is 5.91 Å². The topological polar surface area (TPSA) is 93.2 Å². The number of carbonyl (C=O) groups excluding carboxylic acids is 1. The van der Waals surface area contributed by atoms with Gasteiger partial charge in [0, 0.05) is 0 Å². The van der Waals surface area contributed by atoms with Gasteiger partial charge in [-0.05, 0) is 11.5 Å². The lowest BCUT2D eigenvalue weighted by atomic mass is 10.0. The number of rotatable bonds is 5. The fraction of sp³-hybridized carbons (Fsp3) is 0.417. The van der Waals surface area contributed by atoms with Crippen molar-refractivity contribution in [2.24, 2.45) is 17.5 Å². The van der Waals surface area contributed by atoms with Crippen LogP contribution >= 0.6 is 0 Å². The highest BCUT2D eigenvalue weighted by atomic mass is 16.2. The highest BCUT2D eigenvalue weighted by molar-refractivity contribution is 5.82. The van der Waals surface area contributed by atoms with Crippen molar-refractivity contribution in [2.45, 2.75) is 26.1 Å². The molecule has 2 atom stereocenters. The van der Waals surface area contributed by atoms with Crippen molar-refractivity contribution in [1.82, 2.24) is 10.7 Å². The third kappa shape index (κ3) is 3.81. The predicted molar refractivity (Wildman–Crippen MR) is 67.5 cm³/mol. The van der Waals surface area contributed by atoms with Gasteiger partial charge in [-0.15, -0.1) is 0 Å². The Kier molecular flexibility index (Phi) is 5.09. The van der Waals surface area contributed by atoms with Gasteiger partial charge in [0.1, 0.15) is 12.2 Å². The molecule has 0 aliphatic heterocycles. The SMILES string of the molecule is CC(C)[C@@H](NN)C(=O)NC(N)c1ccccc1. The van der Waals surface area contributed by atoms with Crippen molar-refractivity contribution in [3.63, 3.8) is 0 Å². The minimum Gasteiger partial charge on any atom is -0.335 e. The monoisotopic (exact) mass is 236 g/mol. The zero-order chi connectivity index (χ0) is 12.8. The first-order chi connectivity index (χ1) is 8.06. The highest BCUT2D eigenvalue weighted by Gasteiger charge is 2.22. The van der Waals surface area contributed by atoms with Gasteiger partial charge in [0.15, 0.2) is 0 Å². The number of hydrogen-bond donors (Lipinski definition) is 4. The van der Waals surface area contributed by atoms with Crippen LogP contribution in [0.25, 0.3) is 0 Å². The normalized spacial score (nSPS) is 14.4. The van der Waals surface area contributed by atoms with Crippen LogP contribution in [-0.4, -0.2) is 11.9 Å². The van der Waals surface area contributed by atoms with Crippen LogP contribution in [0.1, 0.15) is 25.6 Å². The fourth-order valence-electron chi connectivity index (χ4n) is 1.56. The standard InChI is InChI=1S/C12H20N4O/c1-8(2)10(16-14)12(17)15-11(13)9-6-4-3-5-7-9/h3-8,10-11,16H,13-14H2,1-2H3,(H,15,17)/t10-,11?/m1/s1. The number of hydrazine groups is 1. The number of amides is 1. The number of nitrogens with one attached hydrogen (secondary N) is 2. The molecule has 6 N–H and O–H groups in total. The molecule has 1 aromatic rings. The summed E-state index contributed by atoms with van der Waals surface area (Å²) < 4.78 is 0. The van der Waals surface area contributed by atoms with Crippen molar-refractivity contribution >= 4 is 5.91 Å². The largest absolute Gasteiger partial charge is 0.335 e. The molecular weight excluding hydrogens is 216 g/mol. The number of nitrogens with two attached hydrogens (primary N) is 2. The van der Waals surface area contributed by atoms with E-state index in [2.05, 4.69) is 10.7 Å². The van der Waals surface area contributed by atoms with E-state index in [-0.39, 0.29) is 11.8 Å². The average Bonchev–Trinajstić information content (AvgIpc) is 2.30. The van der Waals surface area contributed by atoms with Gasteiger partial charge < -0.3 is 11.1 Å². The van der Waals surface area contributed by atoms with Gasteiger partial charge in [-0.25, -0.2) is 5.43 Å². The lowest BCUT2D eigenvalue weighted by molar-refractivity contribution is -0.124. The lowest BCUT2D eigenvalue weighted by Gasteiger charge is -2.22. The zero-order valence-electron chi connectivity index (χ0n) is 10.2. The average molecular weight is 236 g/mol. The minimum absolute atomic E-state index is 0.1000. The molecule has 5 nitrogen and oxygen atoms in total. The Bertz CT molecular complexity index is 353. The molecule has 0 aromatic heterocycles. The van der Waals surface area contributed by atoms with Gasteiger partial charge in [-0.3, -0.25) is 10.6 Å². The summed E-state index contributed by atoms with van der Waals surface area (Å²) in [6, 6.07) is 8.95. The molecule has 0 radical (unpaired) electrons. The van der Waals surface area contributed by atoms with Crippen LogP contribution in [0, 0.1) is 5.92 Å². The highest BCUT2D eigenvalue weighted by Crippen LogP contribution is 2.08. The lowest BCUT2D eigenvalue weighted by Crippen LogP contribution is -2.52. The summed E-state index contributed by atoms with van der Waals surface area (Å²) in [7, 11) is 0. The Labute approximate surface area is 102 Å². The molecule has 1 rings (SSSR count). The maximum atomic E-state index is 11.9. The van der Waals surface area contributed by atoms with Crippen LogP contribution in [0.2, 0.25) is 0 Å². The molecule has 0 aliphatic carbocycles. The summed E-state index contributed by atoms with van der Waals surface area (Å²) in [5.74, 6) is 5.24. The summed E-state index contributed by atoms with van der Waals surface area (Å²) in [6.07, 6.45) is -0.515. The Hall–Kier alpha value is -1.43. The summed E-state index contributed by atoms with van der Waals surface area (Å²) in [5.41, 5.74) is 9.24. The molecule has 0 fully saturated rings. The van der Waals surface area contributed by atoms with E-state index >= 15 is 0 Å². The Balaban J connectivity index is 2.63. The first-order valence-electron chi connectivity index (χ1n) is 5.63. The summed E-state index contributed by atoms with van der Waals surface area (Å²) in [6.45, 7) is 3.83. The quantitative estimate of drug-likeness (QED) is 0.335. The van der Waals surface area contributed by atoms with E-state index < -0.39 is 12.2 Å². The van der Waals surface area contributed by atoms with Crippen molar-refractivity contribution in [1.29, 1.82) is 0 Å². The van der Waals surface area contributed by atoms with E-state index in [4.69, 9.17) is 11.6 Å². The second-order valence-electron chi connectivity index (χ2n) is 4.29. The van der Waals surface area contributed by atoms with Crippen molar-refractivity contribution < 1.29 is 4.79 Å². The molecule has 1 amide bonds. The molecule has 5 heteroatoms. The molecule has 0 aliphatic rings. The summed E-state index contributed by atoms with van der Waals surface area (Å²) >= 11 is 0. The Morgan fingerprint density at radius 3 is 2.29 bits per heavy atom. The van der Waals surface area contributed by atoms with Crippen LogP contribution in [0.15, 0.2) is 30.3 Å². The number of carbonyl (C=O) groups is 1. The minimum atomic E-state index is -0.515. The molecule has 94 valence electrons. The van der Waals surface area contributed by atoms with E-state index in [1.54, 1.807) is 0 Å². The third-order valence-electron chi connectivity index (χ3n) is 2.59. The van der Waals surface area contributed by atoms with Crippen molar-refractivity contribution in [2.75, 3.05) is 0 Å². The molecule has 0 heterocycles. The molecular formula is C12H20N4O. The molecule has 0 bridgehead atoms. The second kappa shape index (κ2) is 6.34. The second-order valence-corrected chi connectivity index (χ2v) is 4.29. The van der Waals surface area contributed by atoms with Gasteiger partial charge in [-0.1, -0.05) is 44.2 Å². The van der Waals surface area contributed by atoms with Gasteiger partial charge in [0.05, 0.1) is 0 Å². The van der Waals surface area contributed by atoms with Crippen LogP contribution in [0.3, 0.4) is 0 Å². The van der Waals surface area contributed by atoms with E-state index in [0.717, 1.165) is 5.56 Å². The zero-order valence-corrected chi connectivity index (χ0v) is 10.2. The molecule has 0 spiro atoms. The molecule has 0 saturated carbocycles. The smallest absolute Gasteiger partial charge is 0.240 e. The Morgan fingerprint density at radius 1 is 1.24 bits per heavy atom. The predicted octanol–water partition coefficient (Wildman–Crippen LogP) is 0.248. The van der Waals surface area contributed by atoms with Crippen LogP contribution in [-0.2, 0) is 4.79 Å². The van der Waals surface area contributed by atoms with Crippen LogP contribution in [0.4, 0.5) is 0 Å². The molecule has 17 heavy (non-hydrogen) atoms. The van der Waals surface area contributed by atoms with E-state index in [0.29, 0.717) is 0 Å². The summed E-state index contributed by atoms with van der Waals surface area (Å²) in [4.78, 5) is 11.9. The van der Waals surface area contributed by atoms with E-state index in [1.807, 2.05) is 44.2 Å². The number of hydrogen-bond acceptors (Lipinski definition) is 4. The number of benzene rings is 1.